The van der Waals surface area contributed by atoms with Crippen molar-refractivity contribution in [2.24, 2.45) is 0 Å². The zero-order valence-electron chi connectivity index (χ0n) is 10.7. The Kier molecular flexibility index (Phi) is 5.44. The normalized spacial score (nSPS) is 11.6. The van der Waals surface area contributed by atoms with Crippen molar-refractivity contribution in [3.05, 3.63) is 33.8 Å². The molecule has 0 saturated carbocycles. The Bertz CT molecular complexity index is 492. The first kappa shape index (κ1) is 15.6. The summed E-state index contributed by atoms with van der Waals surface area (Å²) in [7, 11) is 4.36. The van der Waals surface area contributed by atoms with Crippen LogP contribution in [-0.2, 0) is 9.53 Å². The van der Waals surface area contributed by atoms with Crippen LogP contribution in [0.15, 0.2) is 18.2 Å². The number of halogens is 2. The SMILES string of the molecule is COC(=O)[C@H](NC(=O)N(C)C)c1ccc(Cl)cc1Cl. The minimum atomic E-state index is -0.982. The highest BCUT2D eigenvalue weighted by molar-refractivity contribution is 6.35. The van der Waals surface area contributed by atoms with Crippen LogP contribution in [-0.4, -0.2) is 38.1 Å². The lowest BCUT2D eigenvalue weighted by molar-refractivity contribution is -0.143. The van der Waals surface area contributed by atoms with Gasteiger partial charge >= 0.3 is 12.0 Å². The van der Waals surface area contributed by atoms with Gasteiger partial charge in [0.2, 0.25) is 0 Å². The molecule has 0 aromatic heterocycles. The lowest BCUT2D eigenvalue weighted by Gasteiger charge is -2.20. The van der Waals surface area contributed by atoms with Gasteiger partial charge in [-0.25, -0.2) is 9.59 Å². The van der Waals surface area contributed by atoms with E-state index >= 15 is 0 Å². The second-order valence-electron chi connectivity index (χ2n) is 3.97. The van der Waals surface area contributed by atoms with E-state index in [0.717, 1.165) is 0 Å². The number of methoxy groups -OCH3 is 1. The molecule has 0 aliphatic rings. The number of carbonyl (C=O) groups excluding carboxylic acids is 2. The number of amides is 2. The van der Waals surface area contributed by atoms with E-state index in [4.69, 9.17) is 23.2 Å². The van der Waals surface area contributed by atoms with Gasteiger partial charge in [0.05, 0.1) is 7.11 Å². The van der Waals surface area contributed by atoms with Crippen molar-refractivity contribution in [1.82, 2.24) is 10.2 Å². The van der Waals surface area contributed by atoms with E-state index in [1.807, 2.05) is 0 Å². The van der Waals surface area contributed by atoms with Gasteiger partial charge in [0.1, 0.15) is 0 Å². The Morgan fingerprint density at radius 2 is 1.95 bits per heavy atom. The molecule has 1 rings (SSSR count). The molecular weight excluding hydrogens is 291 g/mol. The Morgan fingerprint density at radius 1 is 1.32 bits per heavy atom. The number of urea groups is 1. The first-order valence-electron chi connectivity index (χ1n) is 5.37. The predicted molar refractivity (Wildman–Crippen MR) is 73.4 cm³/mol. The Hall–Kier alpha value is -1.46. The van der Waals surface area contributed by atoms with Crippen LogP contribution in [0.5, 0.6) is 0 Å². The molecule has 0 radical (unpaired) electrons. The van der Waals surface area contributed by atoms with Crippen molar-refractivity contribution in [2.45, 2.75) is 6.04 Å². The third-order valence-corrected chi connectivity index (χ3v) is 2.95. The number of carbonyl (C=O) groups is 2. The molecule has 0 bridgehead atoms. The maximum atomic E-state index is 11.8. The van der Waals surface area contributed by atoms with Crippen molar-refractivity contribution in [3.8, 4) is 0 Å². The summed E-state index contributed by atoms with van der Waals surface area (Å²) in [6, 6.07) is 3.24. The minimum Gasteiger partial charge on any atom is -0.467 e. The summed E-state index contributed by atoms with van der Waals surface area (Å²) in [5, 5.41) is 3.25. The quantitative estimate of drug-likeness (QED) is 0.873. The van der Waals surface area contributed by atoms with Crippen LogP contribution in [0.2, 0.25) is 10.0 Å². The summed E-state index contributed by atoms with van der Waals surface area (Å²) in [5.74, 6) is -0.612. The van der Waals surface area contributed by atoms with Crippen molar-refractivity contribution < 1.29 is 14.3 Å². The smallest absolute Gasteiger partial charge is 0.333 e. The van der Waals surface area contributed by atoms with Crippen molar-refractivity contribution in [3.63, 3.8) is 0 Å². The molecule has 1 aromatic rings. The van der Waals surface area contributed by atoms with E-state index in [2.05, 4.69) is 10.1 Å². The highest BCUT2D eigenvalue weighted by Gasteiger charge is 2.26. The molecule has 0 spiro atoms. The van der Waals surface area contributed by atoms with Crippen molar-refractivity contribution in [2.75, 3.05) is 21.2 Å². The average Bonchev–Trinajstić information content (AvgIpc) is 2.35. The number of nitrogens with zero attached hydrogens (tertiary/aromatic N) is 1. The molecular formula is C12H14Cl2N2O3. The van der Waals surface area contributed by atoms with Crippen LogP contribution in [0.1, 0.15) is 11.6 Å². The monoisotopic (exact) mass is 304 g/mol. The topological polar surface area (TPSA) is 58.6 Å². The van der Waals surface area contributed by atoms with E-state index in [9.17, 15) is 9.59 Å². The average molecular weight is 305 g/mol. The lowest BCUT2D eigenvalue weighted by atomic mass is 10.1. The third-order valence-electron chi connectivity index (χ3n) is 2.38. The van der Waals surface area contributed by atoms with Gasteiger partial charge in [0, 0.05) is 29.7 Å². The summed E-state index contributed by atoms with van der Waals surface area (Å²) in [6.07, 6.45) is 0. The predicted octanol–water partition coefficient (Wildman–Crippen LogP) is 2.48. The zero-order valence-corrected chi connectivity index (χ0v) is 12.2. The van der Waals surface area contributed by atoms with Crippen molar-refractivity contribution in [1.29, 1.82) is 0 Å². The van der Waals surface area contributed by atoms with E-state index < -0.39 is 18.0 Å². The highest BCUT2D eigenvalue weighted by atomic mass is 35.5. The number of rotatable bonds is 3. The van der Waals surface area contributed by atoms with Gasteiger partial charge in [-0.1, -0.05) is 29.3 Å². The van der Waals surface area contributed by atoms with Crippen LogP contribution in [0.3, 0.4) is 0 Å². The van der Waals surface area contributed by atoms with Crippen LogP contribution in [0, 0.1) is 0 Å². The Morgan fingerprint density at radius 3 is 2.42 bits per heavy atom. The highest BCUT2D eigenvalue weighted by Crippen LogP contribution is 2.27. The summed E-state index contributed by atoms with van der Waals surface area (Å²) in [6.45, 7) is 0. The van der Waals surface area contributed by atoms with E-state index in [0.29, 0.717) is 10.6 Å². The molecule has 0 unspecified atom stereocenters. The number of ether oxygens (including phenoxy) is 1. The lowest BCUT2D eigenvalue weighted by Crippen LogP contribution is -2.40. The first-order chi connectivity index (χ1) is 8.86. The molecule has 0 fully saturated rings. The molecule has 0 aliphatic heterocycles. The van der Waals surface area contributed by atoms with E-state index in [1.165, 1.54) is 18.1 Å². The van der Waals surface area contributed by atoms with E-state index in [-0.39, 0.29) is 5.02 Å². The molecule has 0 aliphatic carbocycles. The molecule has 1 atom stereocenters. The molecule has 7 heteroatoms. The molecule has 104 valence electrons. The molecule has 1 aromatic carbocycles. The van der Waals surface area contributed by atoms with Gasteiger partial charge in [0.15, 0.2) is 6.04 Å². The summed E-state index contributed by atoms with van der Waals surface area (Å²) in [5.41, 5.74) is 0.424. The molecule has 2 amide bonds. The fourth-order valence-corrected chi connectivity index (χ4v) is 1.89. The molecule has 1 N–H and O–H groups in total. The van der Waals surface area contributed by atoms with Crippen LogP contribution in [0.25, 0.3) is 0 Å². The maximum Gasteiger partial charge on any atom is 0.333 e. The van der Waals surface area contributed by atoms with Crippen LogP contribution in [0.4, 0.5) is 4.79 Å². The molecule has 19 heavy (non-hydrogen) atoms. The zero-order chi connectivity index (χ0) is 14.6. The second-order valence-corrected chi connectivity index (χ2v) is 4.81. The minimum absolute atomic E-state index is 0.280. The van der Waals surface area contributed by atoms with Gasteiger partial charge in [-0.15, -0.1) is 0 Å². The number of nitrogens with one attached hydrogen (secondary N) is 1. The van der Waals surface area contributed by atoms with Crippen LogP contribution >= 0.6 is 23.2 Å². The maximum absolute atomic E-state index is 11.8. The Balaban J connectivity index is 3.10. The second kappa shape index (κ2) is 6.63. The van der Waals surface area contributed by atoms with Gasteiger partial charge in [-0.05, 0) is 12.1 Å². The van der Waals surface area contributed by atoms with Gasteiger partial charge in [0.25, 0.3) is 0 Å². The standard InChI is InChI=1S/C12H14Cl2N2O3/c1-16(2)12(18)15-10(11(17)19-3)8-5-4-7(13)6-9(8)14/h4-6,10H,1-3H3,(H,15,18)/t10-/m1/s1. The summed E-state index contributed by atoms with van der Waals surface area (Å²) in [4.78, 5) is 24.7. The number of hydrogen-bond acceptors (Lipinski definition) is 3. The van der Waals surface area contributed by atoms with Gasteiger partial charge in [-0.2, -0.15) is 0 Å². The van der Waals surface area contributed by atoms with Crippen molar-refractivity contribution >= 4 is 35.2 Å². The van der Waals surface area contributed by atoms with Gasteiger partial charge < -0.3 is 15.0 Å². The number of hydrogen-bond donors (Lipinski definition) is 1. The fourth-order valence-electron chi connectivity index (χ4n) is 1.37. The number of benzene rings is 1. The third kappa shape index (κ3) is 4.01. The first-order valence-corrected chi connectivity index (χ1v) is 6.13. The Labute approximate surface area is 121 Å². The number of esters is 1. The largest absolute Gasteiger partial charge is 0.467 e. The molecule has 5 nitrogen and oxygen atoms in total. The molecule has 0 saturated heterocycles. The fraction of sp³-hybridized carbons (Fsp3) is 0.333. The molecule has 0 heterocycles. The van der Waals surface area contributed by atoms with Gasteiger partial charge in [-0.3, -0.25) is 0 Å². The summed E-state index contributed by atoms with van der Waals surface area (Å²) >= 11 is 11.8. The van der Waals surface area contributed by atoms with E-state index in [1.54, 1.807) is 26.2 Å². The summed E-state index contributed by atoms with van der Waals surface area (Å²) < 4.78 is 4.67. The van der Waals surface area contributed by atoms with Crippen LogP contribution < -0.4 is 5.32 Å².